The van der Waals surface area contributed by atoms with Gasteiger partial charge >= 0.3 is 0 Å². The summed E-state index contributed by atoms with van der Waals surface area (Å²) in [4.78, 5) is 19.2. The van der Waals surface area contributed by atoms with Crippen LogP contribution in [0, 0.1) is 11.7 Å². The highest BCUT2D eigenvalue weighted by atomic mass is 19.1. The highest BCUT2D eigenvalue weighted by molar-refractivity contribution is 6.38. The lowest BCUT2D eigenvalue weighted by molar-refractivity contribution is -0.124. The first-order valence-corrected chi connectivity index (χ1v) is 10.7. The highest BCUT2D eigenvalue weighted by Gasteiger charge is 2.24. The summed E-state index contributed by atoms with van der Waals surface area (Å²) in [5.41, 5.74) is 2.58. The van der Waals surface area contributed by atoms with Gasteiger partial charge in [-0.15, -0.1) is 5.10 Å². The normalized spacial score (nSPS) is 15.2. The van der Waals surface area contributed by atoms with Crippen molar-refractivity contribution in [2.75, 3.05) is 13.1 Å². The van der Waals surface area contributed by atoms with Crippen molar-refractivity contribution in [2.24, 2.45) is 10.9 Å². The van der Waals surface area contributed by atoms with Gasteiger partial charge in [-0.3, -0.25) is 9.79 Å². The second kappa shape index (κ2) is 10.3. The van der Waals surface area contributed by atoms with Gasteiger partial charge in [0.1, 0.15) is 5.71 Å². The van der Waals surface area contributed by atoms with Gasteiger partial charge in [0.25, 0.3) is 5.91 Å². The molecule has 1 fully saturated rings. The van der Waals surface area contributed by atoms with Crippen LogP contribution >= 0.6 is 0 Å². The first-order chi connectivity index (χ1) is 14.9. The number of aliphatic imine (C=N–C) groups is 1. The number of amides is 1. The second-order valence-corrected chi connectivity index (χ2v) is 7.86. The number of allylic oxidation sites excluding steroid dienone is 2. The average Bonchev–Trinajstić information content (AvgIpc) is 2.74. The Kier molecular flexibility index (Phi) is 7.50. The molecular weight excluding hydrogens is 395 g/mol. The maximum atomic E-state index is 14.6. The van der Waals surface area contributed by atoms with Crippen LogP contribution in [0.3, 0.4) is 0 Å². The predicted molar refractivity (Wildman–Crippen MR) is 119 cm³/mol. The zero-order valence-electron chi connectivity index (χ0n) is 18.6. The highest BCUT2D eigenvalue weighted by Crippen LogP contribution is 2.28. The van der Waals surface area contributed by atoms with E-state index in [1.807, 2.05) is 25.7 Å². The summed E-state index contributed by atoms with van der Waals surface area (Å²) in [6, 6.07) is 7.98. The Morgan fingerprint density at radius 1 is 1.26 bits per heavy atom. The van der Waals surface area contributed by atoms with Crippen LogP contribution in [0.15, 0.2) is 47.2 Å². The van der Waals surface area contributed by atoms with Gasteiger partial charge in [-0.25, -0.2) is 4.39 Å². The summed E-state index contributed by atoms with van der Waals surface area (Å²) in [6.07, 6.45) is 5.16. The zero-order valence-corrected chi connectivity index (χ0v) is 18.6. The van der Waals surface area contributed by atoms with E-state index in [9.17, 15) is 9.18 Å². The topological polar surface area (TPSA) is 67.7 Å². The van der Waals surface area contributed by atoms with E-state index < -0.39 is 5.82 Å². The second-order valence-electron chi connectivity index (χ2n) is 7.86. The summed E-state index contributed by atoms with van der Waals surface area (Å²) < 4.78 is 20.0. The van der Waals surface area contributed by atoms with Crippen LogP contribution in [-0.2, 0) is 4.79 Å². The van der Waals surface area contributed by atoms with E-state index in [4.69, 9.17) is 4.74 Å². The third kappa shape index (κ3) is 5.75. The molecule has 7 heteroatoms. The van der Waals surface area contributed by atoms with Crippen LogP contribution < -0.4 is 4.74 Å². The number of aromatic nitrogens is 2. The number of halogens is 1. The molecule has 0 bridgehead atoms. The Morgan fingerprint density at radius 2 is 2.03 bits per heavy atom. The van der Waals surface area contributed by atoms with Gasteiger partial charge < -0.3 is 9.64 Å². The predicted octanol–water partition coefficient (Wildman–Crippen LogP) is 5.27. The van der Waals surface area contributed by atoms with Crippen molar-refractivity contribution in [2.45, 2.75) is 47.0 Å². The van der Waals surface area contributed by atoms with Gasteiger partial charge in [0, 0.05) is 31.0 Å². The molecule has 0 atom stereocenters. The summed E-state index contributed by atoms with van der Waals surface area (Å²) in [5.74, 6) is 0.351. The fraction of sp³-hybridized carbons (Fsp3) is 0.417. The molecule has 0 saturated heterocycles. The van der Waals surface area contributed by atoms with Gasteiger partial charge in [0.15, 0.2) is 11.6 Å². The quantitative estimate of drug-likeness (QED) is 0.542. The molecule has 6 nitrogen and oxygen atoms in total. The molecule has 1 aromatic heterocycles. The minimum Gasteiger partial charge on any atom is -0.434 e. The maximum absolute atomic E-state index is 14.6. The fourth-order valence-corrected chi connectivity index (χ4v) is 3.43. The van der Waals surface area contributed by atoms with E-state index in [0.717, 1.165) is 12.1 Å². The number of nitrogens with zero attached hydrogens (tertiary/aromatic N) is 4. The molecule has 3 rings (SSSR count). The molecule has 164 valence electrons. The van der Waals surface area contributed by atoms with E-state index in [1.54, 1.807) is 31.2 Å². The molecule has 1 aromatic carbocycles. The number of hydrogen-bond acceptors (Lipinski definition) is 5. The molecule has 0 N–H and O–H groups in total. The summed E-state index contributed by atoms with van der Waals surface area (Å²) in [7, 11) is 0. The molecule has 1 heterocycles. The van der Waals surface area contributed by atoms with Crippen molar-refractivity contribution in [3.63, 3.8) is 0 Å². The summed E-state index contributed by atoms with van der Waals surface area (Å²) in [6.45, 7) is 8.88. The van der Waals surface area contributed by atoms with Gasteiger partial charge in [-0.2, -0.15) is 5.10 Å². The average molecular weight is 425 g/mol. The Bertz CT molecular complexity index is 984. The molecular formula is C24H29FN4O2. The Labute approximate surface area is 182 Å². The van der Waals surface area contributed by atoms with E-state index in [2.05, 4.69) is 15.2 Å². The van der Waals surface area contributed by atoms with Gasteiger partial charge in [-0.1, -0.05) is 12.5 Å². The minimum absolute atomic E-state index is 0.0413. The number of hydrogen-bond donors (Lipinski definition) is 0. The summed E-state index contributed by atoms with van der Waals surface area (Å²) >= 11 is 0. The van der Waals surface area contributed by atoms with Crippen molar-refractivity contribution in [1.29, 1.82) is 0 Å². The molecule has 2 aromatic rings. The summed E-state index contributed by atoms with van der Waals surface area (Å²) in [5, 5.41) is 7.51. The lowest BCUT2D eigenvalue weighted by Crippen LogP contribution is -2.40. The first kappa shape index (κ1) is 22.6. The van der Waals surface area contributed by atoms with Crippen molar-refractivity contribution in [1.82, 2.24) is 15.1 Å². The molecule has 1 amide bonds. The molecule has 0 aliphatic heterocycles. The number of carbonyl (C=O) groups is 1. The van der Waals surface area contributed by atoms with Gasteiger partial charge in [0.2, 0.25) is 5.88 Å². The maximum Gasteiger partial charge on any atom is 0.267 e. The lowest BCUT2D eigenvalue weighted by Gasteiger charge is -2.31. The third-order valence-electron chi connectivity index (χ3n) is 5.69. The number of ether oxygens (including phenoxy) is 1. The van der Waals surface area contributed by atoms with Gasteiger partial charge in [-0.05, 0) is 75.8 Å². The van der Waals surface area contributed by atoms with E-state index in [1.165, 1.54) is 31.5 Å². The van der Waals surface area contributed by atoms with E-state index in [-0.39, 0.29) is 17.5 Å². The zero-order chi connectivity index (χ0) is 22.4. The monoisotopic (exact) mass is 424 g/mol. The minimum atomic E-state index is -0.510. The van der Waals surface area contributed by atoms with E-state index >= 15 is 0 Å². The van der Waals surface area contributed by atoms with Crippen molar-refractivity contribution in [3.05, 3.63) is 53.6 Å². The van der Waals surface area contributed by atoms with Crippen molar-refractivity contribution >= 4 is 17.2 Å². The largest absolute Gasteiger partial charge is 0.434 e. The molecule has 1 aliphatic rings. The Balaban J connectivity index is 1.74. The third-order valence-corrected chi connectivity index (χ3v) is 5.69. The molecule has 1 saturated carbocycles. The SMILES string of the molecule is CCN(CC1CCC1)C(=O)C(C)=N/C(C)=C(\C)c1ccc(Oc2cccnn2)c(F)c1. The standard InChI is InChI=1S/C24H29FN4O2/c1-5-29(15-19-8-6-9-19)24(30)18(4)27-17(3)16(2)20-11-12-22(21(25)14-20)31-23-10-7-13-26-28-23/h7,10-14,19H,5-6,8-9,15H2,1-4H3/b17-16+,27-18?. The molecule has 0 unspecified atom stereocenters. The first-order valence-electron chi connectivity index (χ1n) is 10.7. The number of rotatable bonds is 8. The van der Waals surface area contributed by atoms with Crippen LogP contribution in [0.25, 0.3) is 5.57 Å². The molecule has 31 heavy (non-hydrogen) atoms. The van der Waals surface area contributed by atoms with E-state index in [0.29, 0.717) is 29.4 Å². The Morgan fingerprint density at radius 3 is 2.61 bits per heavy atom. The smallest absolute Gasteiger partial charge is 0.267 e. The van der Waals surface area contributed by atoms with Crippen molar-refractivity contribution < 1.29 is 13.9 Å². The van der Waals surface area contributed by atoms with Crippen LogP contribution in [-0.4, -0.2) is 39.8 Å². The van der Waals surface area contributed by atoms with Crippen LogP contribution in [0.1, 0.15) is 52.5 Å². The van der Waals surface area contributed by atoms with Crippen LogP contribution in [0.4, 0.5) is 4.39 Å². The van der Waals surface area contributed by atoms with Crippen LogP contribution in [0.5, 0.6) is 11.6 Å². The van der Waals surface area contributed by atoms with Gasteiger partial charge in [0.05, 0.1) is 0 Å². The Hall–Kier alpha value is -3.09. The van der Waals surface area contributed by atoms with Crippen molar-refractivity contribution in [3.8, 4) is 11.6 Å². The van der Waals surface area contributed by atoms with Crippen LogP contribution in [0.2, 0.25) is 0 Å². The molecule has 1 aliphatic carbocycles. The molecule has 0 radical (unpaired) electrons. The number of benzene rings is 1. The molecule has 0 spiro atoms. The fourth-order valence-electron chi connectivity index (χ4n) is 3.43. The number of carbonyl (C=O) groups excluding carboxylic acids is 1. The lowest BCUT2D eigenvalue weighted by atomic mass is 9.85.